The van der Waals surface area contributed by atoms with Crippen LogP contribution in [-0.2, 0) is 0 Å². The minimum atomic E-state index is 0.0564. The van der Waals surface area contributed by atoms with Crippen LogP contribution in [0.2, 0.25) is 0 Å². The molecule has 0 amide bonds. The zero-order valence-corrected chi connectivity index (χ0v) is 14.2. The van der Waals surface area contributed by atoms with E-state index < -0.39 is 0 Å². The zero-order valence-electron chi connectivity index (χ0n) is 14.2. The van der Waals surface area contributed by atoms with Crippen LogP contribution in [0, 0.1) is 13.8 Å². The Balaban J connectivity index is 1.99. The average molecular weight is 319 g/mol. The molecule has 0 radical (unpaired) electrons. The molecule has 0 saturated carbocycles. The molecule has 122 valence electrons. The Labute approximate surface area is 142 Å². The van der Waals surface area contributed by atoms with Gasteiger partial charge >= 0.3 is 0 Å². The lowest BCUT2D eigenvalue weighted by atomic mass is 10.0. The lowest BCUT2D eigenvalue weighted by Gasteiger charge is -2.11. The second-order valence-electron chi connectivity index (χ2n) is 5.74. The molecule has 3 nitrogen and oxygen atoms in total. The van der Waals surface area contributed by atoms with Gasteiger partial charge in [-0.05, 0) is 51.1 Å². The Morgan fingerprint density at radius 2 is 1.67 bits per heavy atom. The first-order valence-corrected chi connectivity index (χ1v) is 8.13. The van der Waals surface area contributed by atoms with E-state index in [4.69, 9.17) is 4.74 Å². The number of hydrogen-bond donors (Lipinski definition) is 0. The summed E-state index contributed by atoms with van der Waals surface area (Å²) in [4.78, 5) is 12.8. The molecule has 0 aliphatic carbocycles. The third-order valence-electron chi connectivity index (χ3n) is 4.12. The SMILES string of the molecule is CCOc1ccc(-n2c(C)cc(C(=O)c3ccccc3)c2C)cc1. The third kappa shape index (κ3) is 2.98. The summed E-state index contributed by atoms with van der Waals surface area (Å²) >= 11 is 0. The van der Waals surface area contributed by atoms with Gasteiger partial charge in [0, 0.05) is 28.2 Å². The van der Waals surface area contributed by atoms with Gasteiger partial charge in [0.2, 0.25) is 0 Å². The highest BCUT2D eigenvalue weighted by molar-refractivity contribution is 6.10. The summed E-state index contributed by atoms with van der Waals surface area (Å²) in [6.07, 6.45) is 0. The van der Waals surface area contributed by atoms with Crippen molar-refractivity contribution in [2.24, 2.45) is 0 Å². The second kappa shape index (κ2) is 6.75. The summed E-state index contributed by atoms with van der Waals surface area (Å²) in [7, 11) is 0. The molecule has 1 aromatic heterocycles. The number of rotatable bonds is 5. The van der Waals surface area contributed by atoms with Gasteiger partial charge in [-0.3, -0.25) is 4.79 Å². The van der Waals surface area contributed by atoms with E-state index in [1.54, 1.807) is 0 Å². The van der Waals surface area contributed by atoms with Gasteiger partial charge in [-0.25, -0.2) is 0 Å². The van der Waals surface area contributed by atoms with Crippen molar-refractivity contribution in [1.82, 2.24) is 4.57 Å². The Kier molecular flexibility index (Phi) is 4.52. The van der Waals surface area contributed by atoms with E-state index in [9.17, 15) is 4.79 Å². The van der Waals surface area contributed by atoms with Crippen LogP contribution in [-0.4, -0.2) is 17.0 Å². The summed E-state index contributed by atoms with van der Waals surface area (Å²) < 4.78 is 7.60. The summed E-state index contributed by atoms with van der Waals surface area (Å²) in [5.74, 6) is 0.908. The van der Waals surface area contributed by atoms with Crippen molar-refractivity contribution in [2.75, 3.05) is 6.61 Å². The summed E-state index contributed by atoms with van der Waals surface area (Å²) in [5.41, 5.74) is 4.47. The first-order valence-electron chi connectivity index (χ1n) is 8.13. The van der Waals surface area contributed by atoms with Crippen molar-refractivity contribution in [3.63, 3.8) is 0 Å². The molecule has 2 aromatic carbocycles. The molecule has 0 saturated heterocycles. The smallest absolute Gasteiger partial charge is 0.194 e. The Morgan fingerprint density at radius 3 is 2.29 bits per heavy atom. The first kappa shape index (κ1) is 16.1. The fraction of sp³-hybridized carbons (Fsp3) is 0.190. The molecule has 3 heteroatoms. The minimum Gasteiger partial charge on any atom is -0.494 e. The number of aromatic nitrogens is 1. The monoisotopic (exact) mass is 319 g/mol. The Hall–Kier alpha value is -2.81. The molecular weight excluding hydrogens is 298 g/mol. The Morgan fingerprint density at radius 1 is 1.00 bits per heavy atom. The van der Waals surface area contributed by atoms with E-state index in [-0.39, 0.29) is 5.78 Å². The number of benzene rings is 2. The van der Waals surface area contributed by atoms with Crippen molar-refractivity contribution in [2.45, 2.75) is 20.8 Å². The number of carbonyl (C=O) groups is 1. The predicted octanol–water partition coefficient (Wildman–Crippen LogP) is 4.72. The number of hydrogen-bond acceptors (Lipinski definition) is 2. The topological polar surface area (TPSA) is 31.2 Å². The fourth-order valence-electron chi connectivity index (χ4n) is 2.99. The molecule has 1 heterocycles. The van der Waals surface area contributed by atoms with Crippen LogP contribution in [0.25, 0.3) is 5.69 Å². The van der Waals surface area contributed by atoms with Crippen LogP contribution >= 0.6 is 0 Å². The van der Waals surface area contributed by atoms with E-state index in [1.165, 1.54) is 0 Å². The van der Waals surface area contributed by atoms with Gasteiger partial charge in [0.1, 0.15) is 5.75 Å². The molecule has 0 aliphatic rings. The highest BCUT2D eigenvalue weighted by atomic mass is 16.5. The third-order valence-corrected chi connectivity index (χ3v) is 4.12. The van der Waals surface area contributed by atoms with Crippen LogP contribution < -0.4 is 4.74 Å². The zero-order chi connectivity index (χ0) is 17.1. The molecule has 3 rings (SSSR count). The highest BCUT2D eigenvalue weighted by Crippen LogP contribution is 2.24. The van der Waals surface area contributed by atoms with Crippen molar-refractivity contribution in [3.05, 3.63) is 83.2 Å². The number of carbonyl (C=O) groups excluding carboxylic acids is 1. The normalized spacial score (nSPS) is 10.6. The van der Waals surface area contributed by atoms with Crippen molar-refractivity contribution >= 4 is 5.78 Å². The standard InChI is InChI=1S/C21H21NO2/c1-4-24-19-12-10-18(11-13-19)22-15(2)14-20(16(22)3)21(23)17-8-6-5-7-9-17/h5-14H,4H2,1-3H3. The van der Waals surface area contributed by atoms with Gasteiger partial charge in [0.25, 0.3) is 0 Å². The van der Waals surface area contributed by atoms with Gasteiger partial charge in [-0.2, -0.15) is 0 Å². The molecule has 0 unspecified atom stereocenters. The molecule has 0 bridgehead atoms. The maximum atomic E-state index is 12.8. The number of ketones is 1. The first-order chi connectivity index (χ1) is 11.6. The predicted molar refractivity (Wildman–Crippen MR) is 96.3 cm³/mol. The summed E-state index contributed by atoms with van der Waals surface area (Å²) in [6, 6.07) is 19.3. The molecule has 24 heavy (non-hydrogen) atoms. The second-order valence-corrected chi connectivity index (χ2v) is 5.74. The Bertz CT molecular complexity index is 846. The maximum absolute atomic E-state index is 12.8. The fourth-order valence-corrected chi connectivity index (χ4v) is 2.99. The van der Waals surface area contributed by atoms with E-state index in [2.05, 4.69) is 4.57 Å². The molecule has 0 fully saturated rings. The highest BCUT2D eigenvalue weighted by Gasteiger charge is 2.17. The van der Waals surface area contributed by atoms with Crippen LogP contribution in [0.1, 0.15) is 34.2 Å². The molecule has 3 aromatic rings. The average Bonchev–Trinajstić information content (AvgIpc) is 2.91. The van der Waals surface area contributed by atoms with Crippen LogP contribution in [0.3, 0.4) is 0 Å². The van der Waals surface area contributed by atoms with Crippen LogP contribution in [0.4, 0.5) is 0 Å². The van der Waals surface area contributed by atoms with Gasteiger partial charge in [-0.15, -0.1) is 0 Å². The van der Waals surface area contributed by atoms with E-state index >= 15 is 0 Å². The van der Waals surface area contributed by atoms with Gasteiger partial charge < -0.3 is 9.30 Å². The number of ether oxygens (including phenoxy) is 1. The summed E-state index contributed by atoms with van der Waals surface area (Å²) in [5, 5.41) is 0. The van der Waals surface area contributed by atoms with Crippen LogP contribution in [0.5, 0.6) is 5.75 Å². The largest absolute Gasteiger partial charge is 0.494 e. The van der Waals surface area contributed by atoms with Crippen LogP contribution in [0.15, 0.2) is 60.7 Å². The summed E-state index contributed by atoms with van der Waals surface area (Å²) in [6.45, 7) is 6.62. The molecule has 0 spiro atoms. The van der Waals surface area contributed by atoms with Gasteiger partial charge in [0.05, 0.1) is 6.61 Å². The van der Waals surface area contributed by atoms with Crippen molar-refractivity contribution < 1.29 is 9.53 Å². The molecule has 0 N–H and O–H groups in total. The molecule has 0 atom stereocenters. The molecular formula is C21H21NO2. The number of aryl methyl sites for hydroxylation is 1. The maximum Gasteiger partial charge on any atom is 0.194 e. The van der Waals surface area contributed by atoms with E-state index in [0.717, 1.165) is 28.4 Å². The van der Waals surface area contributed by atoms with E-state index in [0.29, 0.717) is 12.2 Å². The van der Waals surface area contributed by atoms with Crippen molar-refractivity contribution in [3.8, 4) is 11.4 Å². The van der Waals surface area contributed by atoms with E-state index in [1.807, 2.05) is 81.4 Å². The minimum absolute atomic E-state index is 0.0564. The van der Waals surface area contributed by atoms with Crippen molar-refractivity contribution in [1.29, 1.82) is 0 Å². The number of nitrogens with zero attached hydrogens (tertiary/aromatic N) is 1. The lowest BCUT2D eigenvalue weighted by Crippen LogP contribution is -2.04. The quantitative estimate of drug-likeness (QED) is 0.637. The molecule has 0 aliphatic heterocycles. The van der Waals surface area contributed by atoms with Gasteiger partial charge in [-0.1, -0.05) is 30.3 Å². The van der Waals surface area contributed by atoms with Gasteiger partial charge in [0.15, 0.2) is 5.78 Å². The lowest BCUT2D eigenvalue weighted by molar-refractivity contribution is 0.103.